The highest BCUT2D eigenvalue weighted by Crippen LogP contribution is 2.32. The molecular formula is C22H28N2O3. The molecule has 1 atom stereocenters. The fourth-order valence-corrected chi connectivity index (χ4v) is 2.74. The van der Waals surface area contributed by atoms with E-state index in [1.807, 2.05) is 44.2 Å². The van der Waals surface area contributed by atoms with Crippen molar-refractivity contribution in [2.24, 2.45) is 5.92 Å². The Hall–Kier alpha value is -2.82. The second kappa shape index (κ2) is 10.4. The summed E-state index contributed by atoms with van der Waals surface area (Å²) in [6.07, 6.45) is 6.70. The molecule has 1 unspecified atom stereocenters. The summed E-state index contributed by atoms with van der Waals surface area (Å²) in [5, 5.41) is 3.08. The first-order valence-corrected chi connectivity index (χ1v) is 9.33. The zero-order chi connectivity index (χ0) is 19.6. The molecule has 1 heterocycles. The molecule has 0 saturated heterocycles. The molecule has 0 aliphatic carbocycles. The Kier molecular flexibility index (Phi) is 7.86. The molecule has 5 heteroatoms. The van der Waals surface area contributed by atoms with E-state index in [9.17, 15) is 4.79 Å². The molecule has 2 rings (SSSR count). The smallest absolute Gasteiger partial charge is 0.244 e. The van der Waals surface area contributed by atoms with Gasteiger partial charge >= 0.3 is 0 Å². The van der Waals surface area contributed by atoms with E-state index < -0.39 is 0 Å². The van der Waals surface area contributed by atoms with Crippen molar-refractivity contribution >= 4 is 12.0 Å². The highest BCUT2D eigenvalue weighted by atomic mass is 16.5. The average Bonchev–Trinajstić information content (AvgIpc) is 2.67. The molecular weight excluding hydrogens is 340 g/mol. The number of hydrogen-bond donors (Lipinski definition) is 1. The molecule has 0 aliphatic rings. The van der Waals surface area contributed by atoms with Gasteiger partial charge in [0.05, 0.1) is 19.3 Å². The molecule has 0 saturated carbocycles. The predicted molar refractivity (Wildman–Crippen MR) is 108 cm³/mol. The van der Waals surface area contributed by atoms with Crippen molar-refractivity contribution in [1.29, 1.82) is 0 Å². The van der Waals surface area contributed by atoms with E-state index in [0.717, 1.165) is 11.1 Å². The summed E-state index contributed by atoms with van der Waals surface area (Å²) in [4.78, 5) is 16.5. The van der Waals surface area contributed by atoms with Crippen LogP contribution in [-0.4, -0.2) is 24.1 Å². The molecule has 0 aliphatic heterocycles. The maximum atomic E-state index is 12.4. The van der Waals surface area contributed by atoms with Crippen LogP contribution in [0.3, 0.4) is 0 Å². The number of nitrogens with zero attached hydrogens (tertiary/aromatic N) is 1. The van der Waals surface area contributed by atoms with Crippen molar-refractivity contribution in [1.82, 2.24) is 10.3 Å². The number of hydrogen-bond acceptors (Lipinski definition) is 4. The fourth-order valence-electron chi connectivity index (χ4n) is 2.74. The quantitative estimate of drug-likeness (QED) is 0.666. The van der Waals surface area contributed by atoms with Gasteiger partial charge in [0.2, 0.25) is 5.91 Å². The Morgan fingerprint density at radius 2 is 1.89 bits per heavy atom. The van der Waals surface area contributed by atoms with Crippen LogP contribution in [0.5, 0.6) is 11.5 Å². The van der Waals surface area contributed by atoms with Gasteiger partial charge in [-0.3, -0.25) is 9.78 Å². The summed E-state index contributed by atoms with van der Waals surface area (Å²) < 4.78 is 11.3. The molecule has 0 fully saturated rings. The van der Waals surface area contributed by atoms with Crippen molar-refractivity contribution in [3.63, 3.8) is 0 Å². The lowest BCUT2D eigenvalue weighted by molar-refractivity contribution is -0.117. The first-order chi connectivity index (χ1) is 13.0. The van der Waals surface area contributed by atoms with E-state index in [1.165, 1.54) is 6.08 Å². The number of carbonyl (C=O) groups is 1. The van der Waals surface area contributed by atoms with Crippen LogP contribution in [0.2, 0.25) is 0 Å². The summed E-state index contributed by atoms with van der Waals surface area (Å²) in [7, 11) is 0. The molecule has 1 aromatic heterocycles. The molecule has 1 amide bonds. The molecule has 0 spiro atoms. The van der Waals surface area contributed by atoms with Gasteiger partial charge in [-0.15, -0.1) is 0 Å². The van der Waals surface area contributed by atoms with Crippen LogP contribution in [0.15, 0.2) is 48.8 Å². The maximum absolute atomic E-state index is 12.4. The zero-order valence-electron chi connectivity index (χ0n) is 16.4. The van der Waals surface area contributed by atoms with Gasteiger partial charge in [0.15, 0.2) is 11.5 Å². The van der Waals surface area contributed by atoms with Gasteiger partial charge in [-0.05, 0) is 55.2 Å². The Morgan fingerprint density at radius 3 is 2.52 bits per heavy atom. The molecule has 0 bridgehead atoms. The summed E-state index contributed by atoms with van der Waals surface area (Å²) in [6, 6.07) is 9.43. The number of ether oxygens (including phenoxy) is 2. The first-order valence-electron chi connectivity index (χ1n) is 9.33. The van der Waals surface area contributed by atoms with Gasteiger partial charge in [0.25, 0.3) is 0 Å². The number of rotatable bonds is 9. The Labute approximate surface area is 161 Å². The number of nitrogens with one attached hydrogen (secondary N) is 1. The lowest BCUT2D eigenvalue weighted by atomic mass is 9.95. The molecule has 0 radical (unpaired) electrons. The Bertz CT molecular complexity index is 757. The van der Waals surface area contributed by atoms with Crippen LogP contribution in [0, 0.1) is 5.92 Å². The van der Waals surface area contributed by atoms with Crippen LogP contribution < -0.4 is 14.8 Å². The Balaban J connectivity index is 2.17. The van der Waals surface area contributed by atoms with Crippen molar-refractivity contribution in [3.8, 4) is 11.5 Å². The van der Waals surface area contributed by atoms with E-state index in [2.05, 4.69) is 24.1 Å². The van der Waals surface area contributed by atoms with E-state index in [4.69, 9.17) is 9.47 Å². The third-order valence-electron chi connectivity index (χ3n) is 4.00. The second-order valence-electron chi connectivity index (χ2n) is 6.42. The van der Waals surface area contributed by atoms with Crippen LogP contribution in [0.4, 0.5) is 0 Å². The first kappa shape index (κ1) is 20.5. The second-order valence-corrected chi connectivity index (χ2v) is 6.42. The Morgan fingerprint density at radius 1 is 1.15 bits per heavy atom. The van der Waals surface area contributed by atoms with Gasteiger partial charge in [-0.25, -0.2) is 0 Å². The summed E-state index contributed by atoms with van der Waals surface area (Å²) >= 11 is 0. The molecule has 27 heavy (non-hydrogen) atoms. The molecule has 1 N–H and O–H groups in total. The highest BCUT2D eigenvalue weighted by Gasteiger charge is 2.19. The van der Waals surface area contributed by atoms with Gasteiger partial charge in [0.1, 0.15) is 0 Å². The zero-order valence-corrected chi connectivity index (χ0v) is 16.4. The number of pyridine rings is 1. The number of aromatic nitrogens is 1. The third-order valence-corrected chi connectivity index (χ3v) is 4.00. The fraction of sp³-hybridized carbons (Fsp3) is 0.364. The summed E-state index contributed by atoms with van der Waals surface area (Å²) in [5.74, 6) is 1.48. The SMILES string of the molecule is CCOc1ccc(C(NC(=O)/C=C/c2cccnc2)C(C)C)cc1OCC. The predicted octanol–water partition coefficient (Wildman–Crippen LogP) is 4.41. The number of amides is 1. The minimum atomic E-state index is -0.149. The van der Waals surface area contributed by atoms with E-state index >= 15 is 0 Å². The molecule has 144 valence electrons. The molecule has 2 aromatic rings. The number of carbonyl (C=O) groups excluding carboxylic acids is 1. The van der Waals surface area contributed by atoms with Crippen molar-refractivity contribution in [3.05, 3.63) is 59.9 Å². The van der Waals surface area contributed by atoms with E-state index in [0.29, 0.717) is 24.7 Å². The molecule has 1 aromatic carbocycles. The largest absolute Gasteiger partial charge is 0.490 e. The van der Waals surface area contributed by atoms with Gasteiger partial charge in [0, 0.05) is 18.5 Å². The normalized spacial score (nSPS) is 12.2. The monoisotopic (exact) mass is 368 g/mol. The minimum absolute atomic E-state index is 0.133. The third kappa shape index (κ3) is 6.13. The van der Waals surface area contributed by atoms with Gasteiger partial charge in [-0.2, -0.15) is 0 Å². The highest BCUT2D eigenvalue weighted by molar-refractivity contribution is 5.92. The topological polar surface area (TPSA) is 60.5 Å². The van der Waals surface area contributed by atoms with Crippen LogP contribution >= 0.6 is 0 Å². The number of benzene rings is 1. The average molecular weight is 368 g/mol. The van der Waals surface area contributed by atoms with Crippen molar-refractivity contribution < 1.29 is 14.3 Å². The van der Waals surface area contributed by atoms with E-state index in [-0.39, 0.29) is 17.9 Å². The lowest BCUT2D eigenvalue weighted by Gasteiger charge is -2.23. The van der Waals surface area contributed by atoms with Gasteiger partial charge in [-0.1, -0.05) is 26.0 Å². The van der Waals surface area contributed by atoms with Crippen molar-refractivity contribution in [2.75, 3.05) is 13.2 Å². The van der Waals surface area contributed by atoms with Crippen LogP contribution in [-0.2, 0) is 4.79 Å². The van der Waals surface area contributed by atoms with Gasteiger partial charge < -0.3 is 14.8 Å². The van der Waals surface area contributed by atoms with Crippen molar-refractivity contribution in [2.45, 2.75) is 33.7 Å². The summed E-state index contributed by atoms with van der Waals surface area (Å²) in [5.41, 5.74) is 1.87. The standard InChI is InChI=1S/C22H28N2O3/c1-5-26-19-11-10-18(14-20(19)27-6-2)22(16(3)4)24-21(25)12-9-17-8-7-13-23-15-17/h7-16,22H,5-6H2,1-4H3,(H,24,25)/b12-9+. The maximum Gasteiger partial charge on any atom is 0.244 e. The molecule has 5 nitrogen and oxygen atoms in total. The van der Waals surface area contributed by atoms with Crippen LogP contribution in [0.1, 0.15) is 44.9 Å². The lowest BCUT2D eigenvalue weighted by Crippen LogP contribution is -2.30. The van der Waals surface area contributed by atoms with Crippen LogP contribution in [0.25, 0.3) is 6.08 Å². The summed E-state index contributed by atoms with van der Waals surface area (Å²) in [6.45, 7) is 9.15. The minimum Gasteiger partial charge on any atom is -0.490 e. The van der Waals surface area contributed by atoms with E-state index in [1.54, 1.807) is 18.5 Å².